The molecule has 0 saturated heterocycles. The van der Waals surface area contributed by atoms with Crippen LogP contribution in [0.4, 0.5) is 5.82 Å². The van der Waals surface area contributed by atoms with Crippen LogP contribution in [0.5, 0.6) is 0 Å². The van der Waals surface area contributed by atoms with Gasteiger partial charge in [-0.2, -0.15) is 0 Å². The monoisotopic (exact) mass is 295 g/mol. The Morgan fingerprint density at radius 1 is 1.33 bits per heavy atom. The molecule has 1 aliphatic heterocycles. The first-order valence-electron chi connectivity index (χ1n) is 6.37. The van der Waals surface area contributed by atoms with Crippen LogP contribution in [0.2, 0.25) is 0 Å². The maximum absolute atomic E-state index is 7.45. The second-order valence-electron chi connectivity index (χ2n) is 4.36. The van der Waals surface area contributed by atoms with E-state index in [1.54, 1.807) is 23.7 Å². The fourth-order valence-electron chi connectivity index (χ4n) is 2.07. The number of nitrogens with zero attached hydrogens (tertiary/aromatic N) is 3. The number of fused-ring (bicyclic) bond motifs is 1. The van der Waals surface area contributed by atoms with E-state index in [0.717, 1.165) is 16.2 Å². The molecule has 104 valence electrons. The lowest BCUT2D eigenvalue weighted by atomic mass is 10.1. The molecule has 6 heteroatoms. The van der Waals surface area contributed by atoms with Crippen molar-refractivity contribution in [2.24, 2.45) is 15.7 Å². The highest BCUT2D eigenvalue weighted by Gasteiger charge is 2.20. The van der Waals surface area contributed by atoms with Crippen molar-refractivity contribution in [1.82, 2.24) is 4.98 Å². The zero-order valence-corrected chi connectivity index (χ0v) is 11.9. The summed E-state index contributed by atoms with van der Waals surface area (Å²) < 4.78 is 0. The summed E-state index contributed by atoms with van der Waals surface area (Å²) in [5, 5.41) is 9.46. The highest BCUT2D eigenvalue weighted by molar-refractivity contribution is 7.12. The third-order valence-corrected chi connectivity index (χ3v) is 3.98. The SMILES string of the molecule is N=CC(=CN)C1C=Nc2ncccc2C(c2cccs2)=N1. The third kappa shape index (κ3) is 2.53. The van der Waals surface area contributed by atoms with Crippen LogP contribution >= 0.6 is 11.3 Å². The zero-order chi connectivity index (χ0) is 14.7. The molecule has 3 rings (SSSR count). The fourth-order valence-corrected chi connectivity index (χ4v) is 2.81. The molecule has 2 aromatic rings. The van der Waals surface area contributed by atoms with Crippen LogP contribution in [0.15, 0.2) is 57.6 Å². The van der Waals surface area contributed by atoms with Crippen LogP contribution < -0.4 is 5.73 Å². The molecular formula is C15H13N5S. The Morgan fingerprint density at radius 2 is 2.24 bits per heavy atom. The van der Waals surface area contributed by atoms with Gasteiger partial charge in [0.15, 0.2) is 5.82 Å². The predicted molar refractivity (Wildman–Crippen MR) is 87.2 cm³/mol. The summed E-state index contributed by atoms with van der Waals surface area (Å²) in [5.74, 6) is 0.633. The molecule has 21 heavy (non-hydrogen) atoms. The Labute approximate surface area is 126 Å². The van der Waals surface area contributed by atoms with Gasteiger partial charge in [0.1, 0.15) is 6.04 Å². The molecule has 0 spiro atoms. The lowest BCUT2D eigenvalue weighted by molar-refractivity contribution is 1.06. The van der Waals surface area contributed by atoms with E-state index >= 15 is 0 Å². The fraction of sp³-hybridized carbons (Fsp3) is 0.0667. The van der Waals surface area contributed by atoms with Crippen molar-refractivity contribution in [2.75, 3.05) is 0 Å². The van der Waals surface area contributed by atoms with Gasteiger partial charge in [-0.05, 0) is 23.6 Å². The van der Waals surface area contributed by atoms with Crippen LogP contribution in [-0.4, -0.2) is 29.2 Å². The minimum Gasteiger partial charge on any atom is -0.404 e. The number of aromatic nitrogens is 1. The van der Waals surface area contributed by atoms with E-state index in [1.165, 1.54) is 12.4 Å². The third-order valence-electron chi connectivity index (χ3n) is 3.10. The molecule has 0 radical (unpaired) electrons. The Kier molecular flexibility index (Phi) is 3.70. The van der Waals surface area contributed by atoms with Gasteiger partial charge in [-0.15, -0.1) is 11.3 Å². The van der Waals surface area contributed by atoms with Crippen molar-refractivity contribution in [3.05, 3.63) is 58.1 Å². The Hall–Kier alpha value is -2.60. The van der Waals surface area contributed by atoms with Crippen molar-refractivity contribution < 1.29 is 0 Å². The number of nitrogens with one attached hydrogen (secondary N) is 1. The van der Waals surface area contributed by atoms with E-state index in [4.69, 9.17) is 16.1 Å². The molecule has 0 fully saturated rings. The first kappa shape index (κ1) is 13.4. The Morgan fingerprint density at radius 3 is 2.95 bits per heavy atom. The van der Waals surface area contributed by atoms with Gasteiger partial charge < -0.3 is 11.1 Å². The van der Waals surface area contributed by atoms with Crippen LogP contribution in [0, 0.1) is 5.41 Å². The average Bonchev–Trinajstić information content (AvgIpc) is 2.98. The van der Waals surface area contributed by atoms with Crippen molar-refractivity contribution in [1.29, 1.82) is 5.41 Å². The topological polar surface area (TPSA) is 87.5 Å². The number of hydrogen-bond acceptors (Lipinski definition) is 6. The first-order valence-corrected chi connectivity index (χ1v) is 7.25. The summed E-state index contributed by atoms with van der Waals surface area (Å²) in [6.07, 6.45) is 5.98. The quantitative estimate of drug-likeness (QED) is 0.852. The van der Waals surface area contributed by atoms with Gasteiger partial charge >= 0.3 is 0 Å². The van der Waals surface area contributed by atoms with Crippen molar-refractivity contribution in [2.45, 2.75) is 6.04 Å². The predicted octanol–water partition coefficient (Wildman–Crippen LogP) is 2.56. The number of nitrogens with two attached hydrogens (primary N) is 1. The molecule has 5 nitrogen and oxygen atoms in total. The first-order chi connectivity index (χ1) is 10.3. The Bertz CT molecular complexity index is 743. The lowest BCUT2D eigenvalue weighted by Crippen LogP contribution is -2.15. The van der Waals surface area contributed by atoms with Gasteiger partial charge in [0.05, 0.1) is 10.6 Å². The highest BCUT2D eigenvalue weighted by Crippen LogP contribution is 2.26. The normalized spacial score (nSPS) is 17.8. The molecule has 1 atom stereocenters. The molecule has 0 amide bonds. The largest absolute Gasteiger partial charge is 0.404 e. The van der Waals surface area contributed by atoms with E-state index in [2.05, 4.69) is 9.98 Å². The summed E-state index contributed by atoms with van der Waals surface area (Å²) in [6.45, 7) is 0. The van der Waals surface area contributed by atoms with Gasteiger partial charge in [-0.1, -0.05) is 6.07 Å². The lowest BCUT2D eigenvalue weighted by Gasteiger charge is -2.09. The van der Waals surface area contributed by atoms with Crippen LogP contribution in [0.3, 0.4) is 0 Å². The van der Waals surface area contributed by atoms with Crippen LogP contribution in [0.25, 0.3) is 0 Å². The molecule has 2 aromatic heterocycles. The highest BCUT2D eigenvalue weighted by atomic mass is 32.1. The van der Waals surface area contributed by atoms with Crippen molar-refractivity contribution in [3.8, 4) is 0 Å². The summed E-state index contributed by atoms with van der Waals surface area (Å²) in [5.41, 5.74) is 7.89. The number of aliphatic imine (C=N–C) groups is 2. The van der Waals surface area contributed by atoms with E-state index in [9.17, 15) is 0 Å². The summed E-state index contributed by atoms with van der Waals surface area (Å²) >= 11 is 1.61. The second kappa shape index (κ2) is 5.80. The van der Waals surface area contributed by atoms with E-state index in [1.807, 2.05) is 29.6 Å². The van der Waals surface area contributed by atoms with Gasteiger partial charge in [-0.25, -0.2) is 9.98 Å². The molecular weight excluding hydrogens is 282 g/mol. The minimum absolute atomic E-state index is 0.376. The zero-order valence-electron chi connectivity index (χ0n) is 11.1. The summed E-state index contributed by atoms with van der Waals surface area (Å²) in [6, 6.07) is 7.44. The molecule has 1 aliphatic rings. The Balaban J connectivity index is 2.19. The van der Waals surface area contributed by atoms with Gasteiger partial charge in [0.25, 0.3) is 0 Å². The molecule has 0 saturated carbocycles. The van der Waals surface area contributed by atoms with Crippen molar-refractivity contribution >= 4 is 35.3 Å². The summed E-state index contributed by atoms with van der Waals surface area (Å²) in [4.78, 5) is 14.5. The summed E-state index contributed by atoms with van der Waals surface area (Å²) in [7, 11) is 0. The van der Waals surface area contributed by atoms with Gasteiger partial charge in [-0.3, -0.25) is 4.99 Å². The van der Waals surface area contributed by atoms with Gasteiger partial charge in [0, 0.05) is 36.0 Å². The molecule has 3 heterocycles. The molecule has 0 bridgehead atoms. The number of rotatable bonds is 3. The minimum atomic E-state index is -0.376. The van der Waals surface area contributed by atoms with E-state index < -0.39 is 0 Å². The molecule has 1 unspecified atom stereocenters. The second-order valence-corrected chi connectivity index (χ2v) is 5.31. The van der Waals surface area contributed by atoms with E-state index in [0.29, 0.717) is 11.4 Å². The van der Waals surface area contributed by atoms with Crippen molar-refractivity contribution in [3.63, 3.8) is 0 Å². The molecule has 3 N–H and O–H groups in total. The number of thiophene rings is 1. The number of hydrogen-bond donors (Lipinski definition) is 2. The molecule has 0 aromatic carbocycles. The van der Waals surface area contributed by atoms with Crippen LogP contribution in [-0.2, 0) is 0 Å². The van der Waals surface area contributed by atoms with Gasteiger partial charge in [0.2, 0.25) is 0 Å². The average molecular weight is 295 g/mol. The number of pyridine rings is 1. The van der Waals surface area contributed by atoms with E-state index in [-0.39, 0.29) is 6.04 Å². The maximum Gasteiger partial charge on any atom is 0.161 e. The molecule has 0 aliphatic carbocycles. The van der Waals surface area contributed by atoms with Crippen LogP contribution in [0.1, 0.15) is 10.4 Å². The maximum atomic E-state index is 7.45. The standard InChI is InChI=1S/C15H13N5S/c16-7-10(8-17)12-9-19-15-11(3-1-5-18-15)14(20-12)13-4-2-6-21-13/h1-9,12,16H,17H2. The smallest absolute Gasteiger partial charge is 0.161 e.